The fraction of sp³-hybridized carbons (Fsp3) is 0.250. The van der Waals surface area contributed by atoms with Crippen LogP contribution in [0.1, 0.15) is 19.0 Å². The first-order valence-corrected chi connectivity index (χ1v) is 6.25. The van der Waals surface area contributed by atoms with E-state index in [0.717, 1.165) is 28.4 Å². The van der Waals surface area contributed by atoms with Gasteiger partial charge in [-0.1, -0.05) is 37.1 Å². The molecule has 0 aliphatic carbocycles. The van der Waals surface area contributed by atoms with E-state index in [1.807, 2.05) is 24.3 Å². The smallest absolute Gasteiger partial charge is 0.123 e. The van der Waals surface area contributed by atoms with Gasteiger partial charge in [0.25, 0.3) is 0 Å². The van der Waals surface area contributed by atoms with Gasteiger partial charge in [0.2, 0.25) is 0 Å². The lowest BCUT2D eigenvalue weighted by atomic mass is 10.2. The minimum atomic E-state index is 0.768. The SMILES string of the molecule is CCCc1csc(-c2ccc(Cl)cc2)n1. The summed E-state index contributed by atoms with van der Waals surface area (Å²) in [7, 11) is 0. The van der Waals surface area contributed by atoms with E-state index in [4.69, 9.17) is 11.6 Å². The number of nitrogens with zero attached hydrogens (tertiary/aromatic N) is 1. The molecule has 78 valence electrons. The van der Waals surface area contributed by atoms with Crippen molar-refractivity contribution in [1.29, 1.82) is 0 Å². The van der Waals surface area contributed by atoms with E-state index in [1.165, 1.54) is 5.69 Å². The summed E-state index contributed by atoms with van der Waals surface area (Å²) in [5.74, 6) is 0. The summed E-state index contributed by atoms with van der Waals surface area (Å²) in [6, 6.07) is 7.82. The number of hydrogen-bond donors (Lipinski definition) is 0. The van der Waals surface area contributed by atoms with E-state index in [-0.39, 0.29) is 0 Å². The van der Waals surface area contributed by atoms with Crippen LogP contribution in [0.15, 0.2) is 29.6 Å². The molecule has 1 nitrogen and oxygen atoms in total. The lowest BCUT2D eigenvalue weighted by molar-refractivity contribution is 0.894. The molecule has 0 unspecified atom stereocenters. The number of benzene rings is 1. The number of aromatic nitrogens is 1. The molecule has 0 aliphatic rings. The Hall–Kier alpha value is -0.860. The van der Waals surface area contributed by atoms with Crippen LogP contribution < -0.4 is 0 Å². The minimum Gasteiger partial charge on any atom is -0.241 e. The zero-order valence-electron chi connectivity index (χ0n) is 8.53. The van der Waals surface area contributed by atoms with Crippen molar-refractivity contribution in [2.75, 3.05) is 0 Å². The molecule has 0 bridgehead atoms. The molecule has 2 aromatic rings. The molecule has 1 heterocycles. The second kappa shape index (κ2) is 4.77. The van der Waals surface area contributed by atoms with Crippen molar-refractivity contribution in [3.8, 4) is 10.6 Å². The summed E-state index contributed by atoms with van der Waals surface area (Å²) in [6.45, 7) is 2.17. The molecule has 1 aromatic heterocycles. The molecule has 0 saturated heterocycles. The third-order valence-electron chi connectivity index (χ3n) is 2.15. The molecule has 2 rings (SSSR count). The molecule has 3 heteroatoms. The number of rotatable bonds is 3. The van der Waals surface area contributed by atoms with Crippen LogP contribution in [0.2, 0.25) is 5.02 Å². The first-order valence-electron chi connectivity index (χ1n) is 5.00. The summed E-state index contributed by atoms with van der Waals surface area (Å²) in [6.07, 6.45) is 2.20. The molecular weight excluding hydrogens is 226 g/mol. The van der Waals surface area contributed by atoms with Crippen LogP contribution in [0.5, 0.6) is 0 Å². The molecule has 0 amide bonds. The van der Waals surface area contributed by atoms with Crippen LogP contribution in [-0.2, 0) is 6.42 Å². The van der Waals surface area contributed by atoms with E-state index in [2.05, 4.69) is 17.3 Å². The Bertz CT molecular complexity index is 433. The minimum absolute atomic E-state index is 0.768. The molecule has 0 spiro atoms. The third-order valence-corrected chi connectivity index (χ3v) is 3.34. The van der Waals surface area contributed by atoms with Crippen LogP contribution in [0, 0.1) is 0 Å². The number of thiazole rings is 1. The predicted octanol–water partition coefficient (Wildman–Crippen LogP) is 4.42. The van der Waals surface area contributed by atoms with Crippen molar-refractivity contribution >= 4 is 22.9 Å². The van der Waals surface area contributed by atoms with Crippen LogP contribution in [0.4, 0.5) is 0 Å². The zero-order chi connectivity index (χ0) is 10.7. The van der Waals surface area contributed by atoms with Crippen molar-refractivity contribution < 1.29 is 0 Å². The lowest BCUT2D eigenvalue weighted by Gasteiger charge is -1.95. The molecule has 15 heavy (non-hydrogen) atoms. The summed E-state index contributed by atoms with van der Waals surface area (Å²) < 4.78 is 0. The standard InChI is InChI=1S/C12H12ClNS/c1-2-3-11-8-15-12(14-11)9-4-6-10(13)7-5-9/h4-8H,2-3H2,1H3. The number of halogens is 1. The van der Waals surface area contributed by atoms with E-state index < -0.39 is 0 Å². The molecular formula is C12H12ClNS. The fourth-order valence-electron chi connectivity index (χ4n) is 1.40. The lowest BCUT2D eigenvalue weighted by Crippen LogP contribution is -1.82. The predicted molar refractivity (Wildman–Crippen MR) is 66.6 cm³/mol. The summed E-state index contributed by atoms with van der Waals surface area (Å²) in [5.41, 5.74) is 2.33. The van der Waals surface area contributed by atoms with Crippen LogP contribution >= 0.6 is 22.9 Å². The molecule has 0 aliphatic heterocycles. The van der Waals surface area contributed by atoms with Gasteiger partial charge in [-0.05, 0) is 18.6 Å². The maximum absolute atomic E-state index is 5.84. The Balaban J connectivity index is 2.25. The van der Waals surface area contributed by atoms with Gasteiger partial charge < -0.3 is 0 Å². The average Bonchev–Trinajstić information content (AvgIpc) is 2.68. The van der Waals surface area contributed by atoms with Gasteiger partial charge in [0.15, 0.2) is 0 Å². The first kappa shape index (κ1) is 10.7. The van der Waals surface area contributed by atoms with Gasteiger partial charge in [-0.15, -0.1) is 11.3 Å². The largest absolute Gasteiger partial charge is 0.241 e. The molecule has 0 atom stereocenters. The Morgan fingerprint density at radius 1 is 1.27 bits per heavy atom. The highest BCUT2D eigenvalue weighted by Crippen LogP contribution is 2.25. The van der Waals surface area contributed by atoms with Gasteiger partial charge in [-0.25, -0.2) is 4.98 Å². The Morgan fingerprint density at radius 3 is 2.67 bits per heavy atom. The Morgan fingerprint density at radius 2 is 2.00 bits per heavy atom. The normalized spacial score (nSPS) is 10.5. The zero-order valence-corrected chi connectivity index (χ0v) is 10.1. The molecule has 0 N–H and O–H groups in total. The number of aryl methyl sites for hydroxylation is 1. The molecule has 0 saturated carbocycles. The highest BCUT2D eigenvalue weighted by atomic mass is 35.5. The molecule has 0 radical (unpaired) electrons. The average molecular weight is 238 g/mol. The van der Waals surface area contributed by atoms with Crippen molar-refractivity contribution in [2.24, 2.45) is 0 Å². The topological polar surface area (TPSA) is 12.9 Å². The fourth-order valence-corrected chi connectivity index (χ4v) is 2.39. The monoisotopic (exact) mass is 237 g/mol. The summed E-state index contributed by atoms with van der Waals surface area (Å²) in [4.78, 5) is 4.58. The van der Waals surface area contributed by atoms with Gasteiger partial charge in [0.05, 0.1) is 5.69 Å². The van der Waals surface area contributed by atoms with Gasteiger partial charge in [0, 0.05) is 16.0 Å². The van der Waals surface area contributed by atoms with E-state index in [1.54, 1.807) is 11.3 Å². The second-order valence-corrected chi connectivity index (χ2v) is 4.70. The van der Waals surface area contributed by atoms with Crippen molar-refractivity contribution in [3.63, 3.8) is 0 Å². The van der Waals surface area contributed by atoms with Crippen LogP contribution in [0.25, 0.3) is 10.6 Å². The first-order chi connectivity index (χ1) is 7.29. The van der Waals surface area contributed by atoms with E-state index in [0.29, 0.717) is 0 Å². The van der Waals surface area contributed by atoms with Crippen LogP contribution in [0.3, 0.4) is 0 Å². The number of hydrogen-bond acceptors (Lipinski definition) is 2. The highest BCUT2D eigenvalue weighted by Gasteiger charge is 2.03. The summed E-state index contributed by atoms with van der Waals surface area (Å²) in [5, 5.41) is 3.98. The maximum Gasteiger partial charge on any atom is 0.123 e. The highest BCUT2D eigenvalue weighted by molar-refractivity contribution is 7.13. The van der Waals surface area contributed by atoms with Crippen molar-refractivity contribution in [3.05, 3.63) is 40.4 Å². The summed E-state index contributed by atoms with van der Waals surface area (Å²) >= 11 is 7.53. The molecule has 1 aromatic carbocycles. The Labute approximate surface area is 98.7 Å². The van der Waals surface area contributed by atoms with Gasteiger partial charge in [0.1, 0.15) is 5.01 Å². The molecule has 0 fully saturated rings. The quantitative estimate of drug-likeness (QED) is 0.770. The van der Waals surface area contributed by atoms with Crippen molar-refractivity contribution in [2.45, 2.75) is 19.8 Å². The third kappa shape index (κ3) is 2.58. The maximum atomic E-state index is 5.84. The van der Waals surface area contributed by atoms with Gasteiger partial charge >= 0.3 is 0 Å². The van der Waals surface area contributed by atoms with Crippen molar-refractivity contribution in [1.82, 2.24) is 4.98 Å². The van der Waals surface area contributed by atoms with E-state index in [9.17, 15) is 0 Å². The van der Waals surface area contributed by atoms with E-state index >= 15 is 0 Å². The Kier molecular flexibility index (Phi) is 3.39. The second-order valence-electron chi connectivity index (χ2n) is 3.40. The van der Waals surface area contributed by atoms with Gasteiger partial charge in [-0.2, -0.15) is 0 Å². The van der Waals surface area contributed by atoms with Crippen LogP contribution in [-0.4, -0.2) is 4.98 Å². The van der Waals surface area contributed by atoms with Gasteiger partial charge in [-0.3, -0.25) is 0 Å².